The summed E-state index contributed by atoms with van der Waals surface area (Å²) < 4.78 is 11.0. The third-order valence-corrected chi connectivity index (χ3v) is 4.49. The molecule has 132 valence electrons. The zero-order valence-corrected chi connectivity index (χ0v) is 15.2. The van der Waals surface area contributed by atoms with Gasteiger partial charge in [-0.15, -0.1) is 24.8 Å². The summed E-state index contributed by atoms with van der Waals surface area (Å²) >= 11 is 0. The van der Waals surface area contributed by atoms with E-state index in [4.69, 9.17) is 9.47 Å². The molecule has 0 spiro atoms. The fraction of sp³-hybridized carbons (Fsp3) is 0.647. The topological polar surface area (TPSA) is 24.9 Å². The monoisotopic (exact) mass is 362 g/mol. The van der Waals surface area contributed by atoms with Crippen molar-refractivity contribution in [3.8, 4) is 0 Å². The minimum absolute atomic E-state index is 0. The summed E-state index contributed by atoms with van der Waals surface area (Å²) in [6.45, 7) is 8.88. The summed E-state index contributed by atoms with van der Waals surface area (Å²) in [6.07, 6.45) is 1.18. The molecule has 1 atom stereocenters. The maximum atomic E-state index is 5.51. The average molecular weight is 363 g/mol. The van der Waals surface area contributed by atoms with Gasteiger partial charge < -0.3 is 9.47 Å². The summed E-state index contributed by atoms with van der Waals surface area (Å²) in [7, 11) is 0. The van der Waals surface area contributed by atoms with E-state index in [1.165, 1.54) is 12.0 Å². The molecule has 6 heteroatoms. The Hall–Kier alpha value is -0.360. The van der Waals surface area contributed by atoms with Crippen LogP contribution in [0, 0.1) is 0 Å². The van der Waals surface area contributed by atoms with Crippen molar-refractivity contribution in [3.63, 3.8) is 0 Å². The number of hydrogen-bond acceptors (Lipinski definition) is 4. The van der Waals surface area contributed by atoms with E-state index in [2.05, 4.69) is 40.1 Å². The van der Waals surface area contributed by atoms with Crippen LogP contribution in [0.2, 0.25) is 0 Å². The van der Waals surface area contributed by atoms with Crippen molar-refractivity contribution >= 4 is 24.8 Å². The molecule has 0 aliphatic carbocycles. The molecular weight excluding hydrogens is 335 g/mol. The van der Waals surface area contributed by atoms with Crippen LogP contribution in [0.1, 0.15) is 18.0 Å². The molecular formula is C17H28Cl2N2O2. The van der Waals surface area contributed by atoms with Crippen LogP contribution in [-0.4, -0.2) is 69.0 Å². The van der Waals surface area contributed by atoms with Crippen LogP contribution in [0.25, 0.3) is 0 Å². The molecule has 2 heterocycles. The second kappa shape index (κ2) is 11.2. The van der Waals surface area contributed by atoms with Crippen LogP contribution < -0.4 is 0 Å². The lowest BCUT2D eigenvalue weighted by atomic mass is 10.0. The third kappa shape index (κ3) is 6.22. The Morgan fingerprint density at radius 2 is 1.39 bits per heavy atom. The molecule has 3 rings (SSSR count). The van der Waals surface area contributed by atoms with Crippen LogP contribution in [0.15, 0.2) is 30.3 Å². The van der Waals surface area contributed by atoms with Gasteiger partial charge in [0.05, 0.1) is 26.4 Å². The normalized spacial score (nSPS) is 21.0. The molecule has 1 unspecified atom stereocenters. The molecule has 0 saturated carbocycles. The largest absolute Gasteiger partial charge is 0.379 e. The van der Waals surface area contributed by atoms with E-state index in [1.54, 1.807) is 0 Å². The first-order valence-electron chi connectivity index (χ1n) is 8.10. The maximum absolute atomic E-state index is 5.51. The molecule has 1 aromatic carbocycles. The van der Waals surface area contributed by atoms with Gasteiger partial charge in [0.15, 0.2) is 0 Å². The number of morpholine rings is 2. The molecule has 23 heavy (non-hydrogen) atoms. The first-order chi connectivity index (χ1) is 10.4. The zero-order valence-electron chi connectivity index (χ0n) is 13.6. The lowest BCUT2D eigenvalue weighted by molar-refractivity contribution is 0.00494. The standard InChI is InChI=1S/C17H26N2O2.2ClH/c1-2-4-16(5-3-1)17(19-10-14-21-15-11-19)6-7-18-8-12-20-13-9-18;;/h1-5,17H,6-15H2;2*1H. The summed E-state index contributed by atoms with van der Waals surface area (Å²) in [5.41, 5.74) is 1.44. The van der Waals surface area contributed by atoms with Crippen LogP contribution in [-0.2, 0) is 9.47 Å². The molecule has 2 saturated heterocycles. The Morgan fingerprint density at radius 3 is 2.00 bits per heavy atom. The number of hydrogen-bond donors (Lipinski definition) is 0. The minimum atomic E-state index is 0. The van der Waals surface area contributed by atoms with Crippen LogP contribution >= 0.6 is 24.8 Å². The van der Waals surface area contributed by atoms with E-state index in [1.807, 2.05) is 0 Å². The summed E-state index contributed by atoms with van der Waals surface area (Å²) in [5, 5.41) is 0. The van der Waals surface area contributed by atoms with Gasteiger partial charge in [0.1, 0.15) is 0 Å². The minimum Gasteiger partial charge on any atom is -0.379 e. The smallest absolute Gasteiger partial charge is 0.0594 e. The number of ether oxygens (including phenoxy) is 2. The Labute approximate surface area is 151 Å². The first kappa shape index (κ1) is 20.7. The Morgan fingerprint density at radius 1 is 0.826 bits per heavy atom. The number of rotatable bonds is 5. The first-order valence-corrected chi connectivity index (χ1v) is 8.10. The van der Waals surface area contributed by atoms with Crippen molar-refractivity contribution in [2.24, 2.45) is 0 Å². The molecule has 0 N–H and O–H groups in total. The highest BCUT2D eigenvalue weighted by molar-refractivity contribution is 5.85. The van der Waals surface area contributed by atoms with E-state index in [0.717, 1.165) is 59.2 Å². The lowest BCUT2D eigenvalue weighted by Gasteiger charge is -2.36. The average Bonchev–Trinajstić information content (AvgIpc) is 2.58. The number of nitrogens with zero attached hydrogens (tertiary/aromatic N) is 2. The second-order valence-corrected chi connectivity index (χ2v) is 5.82. The molecule has 0 radical (unpaired) electrons. The predicted molar refractivity (Wildman–Crippen MR) is 97.9 cm³/mol. The van der Waals surface area contributed by atoms with E-state index in [-0.39, 0.29) is 24.8 Å². The molecule has 1 aromatic rings. The molecule has 0 amide bonds. The van der Waals surface area contributed by atoms with Crippen LogP contribution in [0.4, 0.5) is 0 Å². The fourth-order valence-electron chi connectivity index (χ4n) is 3.25. The maximum Gasteiger partial charge on any atom is 0.0594 e. The van der Waals surface area contributed by atoms with Crippen LogP contribution in [0.5, 0.6) is 0 Å². The number of halogens is 2. The highest BCUT2D eigenvalue weighted by Crippen LogP contribution is 2.25. The molecule has 2 fully saturated rings. The highest BCUT2D eigenvalue weighted by Gasteiger charge is 2.23. The molecule has 2 aliphatic heterocycles. The molecule has 0 aromatic heterocycles. The van der Waals surface area contributed by atoms with Gasteiger partial charge in [0.25, 0.3) is 0 Å². The van der Waals surface area contributed by atoms with Crippen LogP contribution in [0.3, 0.4) is 0 Å². The third-order valence-electron chi connectivity index (χ3n) is 4.49. The van der Waals surface area contributed by atoms with Crippen molar-refractivity contribution in [1.29, 1.82) is 0 Å². The van der Waals surface area contributed by atoms with Crippen molar-refractivity contribution in [3.05, 3.63) is 35.9 Å². The summed E-state index contributed by atoms with van der Waals surface area (Å²) in [6, 6.07) is 11.4. The van der Waals surface area contributed by atoms with E-state index in [0.29, 0.717) is 6.04 Å². The zero-order chi connectivity index (χ0) is 14.3. The van der Waals surface area contributed by atoms with Gasteiger partial charge in [-0.05, 0) is 12.0 Å². The fourth-order valence-corrected chi connectivity index (χ4v) is 3.25. The van der Waals surface area contributed by atoms with Gasteiger partial charge >= 0.3 is 0 Å². The van der Waals surface area contributed by atoms with Gasteiger partial charge in [-0.1, -0.05) is 30.3 Å². The van der Waals surface area contributed by atoms with Gasteiger partial charge in [-0.3, -0.25) is 9.80 Å². The van der Waals surface area contributed by atoms with E-state index >= 15 is 0 Å². The van der Waals surface area contributed by atoms with Gasteiger partial charge in [0.2, 0.25) is 0 Å². The Balaban J connectivity index is 0.00000132. The van der Waals surface area contributed by atoms with Gasteiger partial charge in [-0.2, -0.15) is 0 Å². The van der Waals surface area contributed by atoms with Crippen molar-refractivity contribution in [2.45, 2.75) is 12.5 Å². The summed E-state index contributed by atoms with van der Waals surface area (Å²) in [4.78, 5) is 5.11. The van der Waals surface area contributed by atoms with Gasteiger partial charge in [-0.25, -0.2) is 0 Å². The van der Waals surface area contributed by atoms with Crippen molar-refractivity contribution in [1.82, 2.24) is 9.80 Å². The SMILES string of the molecule is Cl.Cl.c1ccc(C(CCN2CCOCC2)N2CCOCC2)cc1. The number of benzene rings is 1. The van der Waals surface area contributed by atoms with Crippen molar-refractivity contribution < 1.29 is 9.47 Å². The van der Waals surface area contributed by atoms with Gasteiger partial charge in [0, 0.05) is 38.8 Å². The summed E-state index contributed by atoms with van der Waals surface area (Å²) in [5.74, 6) is 0. The quantitative estimate of drug-likeness (QED) is 0.803. The van der Waals surface area contributed by atoms with Crippen molar-refractivity contribution in [2.75, 3.05) is 59.2 Å². The molecule has 4 nitrogen and oxygen atoms in total. The molecule has 2 aliphatic rings. The van der Waals surface area contributed by atoms with E-state index in [9.17, 15) is 0 Å². The predicted octanol–water partition coefficient (Wildman–Crippen LogP) is 2.63. The lowest BCUT2D eigenvalue weighted by Crippen LogP contribution is -2.42. The molecule has 0 bridgehead atoms. The highest BCUT2D eigenvalue weighted by atomic mass is 35.5. The Bertz CT molecular complexity index is 410. The van der Waals surface area contributed by atoms with E-state index < -0.39 is 0 Å². The Kier molecular flexibility index (Phi) is 10.1. The second-order valence-electron chi connectivity index (χ2n) is 5.82.